The number of benzene rings is 1. The van der Waals surface area contributed by atoms with Crippen molar-refractivity contribution in [3.05, 3.63) is 46.3 Å². The quantitative estimate of drug-likeness (QED) is 0.914. The van der Waals surface area contributed by atoms with E-state index in [0.717, 1.165) is 17.0 Å². The van der Waals surface area contributed by atoms with Crippen LogP contribution in [0.2, 0.25) is 0 Å². The van der Waals surface area contributed by atoms with E-state index in [1.54, 1.807) is 12.1 Å². The Hall–Kier alpha value is -2.49. The van der Waals surface area contributed by atoms with Gasteiger partial charge in [-0.15, -0.1) is 11.3 Å². The maximum absolute atomic E-state index is 12.8. The number of fused-ring (bicyclic) bond motifs is 2. The molecule has 24 heavy (non-hydrogen) atoms. The smallest absolute Gasteiger partial charge is 0.205 e. The van der Waals surface area contributed by atoms with Crippen molar-refractivity contribution in [3.63, 3.8) is 0 Å². The number of anilines is 1. The average molecular weight is 337 g/mol. The van der Waals surface area contributed by atoms with Gasteiger partial charge < -0.3 is 10.0 Å². The Morgan fingerprint density at radius 3 is 2.83 bits per heavy atom. The third-order valence-corrected chi connectivity index (χ3v) is 5.74. The standard InChI is InChI=1S/C18H15N3O2S/c1-2-13-9-14-15(22)18(23)7-8-21(17(18)20-16(14)24-13)12-5-3-11(10-19)4-6-12/h3-6,9,23H,2,7-8H2,1H3/t18-/m1/s1. The summed E-state index contributed by atoms with van der Waals surface area (Å²) in [5, 5.41) is 20.6. The van der Waals surface area contributed by atoms with E-state index in [-0.39, 0.29) is 5.78 Å². The van der Waals surface area contributed by atoms with Gasteiger partial charge in [0.1, 0.15) is 5.00 Å². The summed E-state index contributed by atoms with van der Waals surface area (Å²) in [6.07, 6.45) is 1.16. The summed E-state index contributed by atoms with van der Waals surface area (Å²) in [4.78, 5) is 20.4. The second-order valence-corrected chi connectivity index (χ2v) is 7.09. The van der Waals surface area contributed by atoms with Crippen molar-refractivity contribution in [3.8, 4) is 6.07 Å². The molecule has 0 aliphatic carbocycles. The van der Waals surface area contributed by atoms with Gasteiger partial charge in [-0.05, 0) is 36.8 Å². The molecular weight excluding hydrogens is 322 g/mol. The van der Waals surface area contributed by atoms with Crippen molar-refractivity contribution >= 4 is 33.6 Å². The summed E-state index contributed by atoms with van der Waals surface area (Å²) in [7, 11) is 0. The highest BCUT2D eigenvalue weighted by molar-refractivity contribution is 7.16. The van der Waals surface area contributed by atoms with Crippen LogP contribution in [0.15, 0.2) is 35.3 Å². The van der Waals surface area contributed by atoms with Gasteiger partial charge in [0.2, 0.25) is 5.78 Å². The Morgan fingerprint density at radius 1 is 1.42 bits per heavy atom. The molecule has 1 aromatic heterocycles. The number of aryl methyl sites for hydroxylation is 1. The van der Waals surface area contributed by atoms with Crippen molar-refractivity contribution in [2.45, 2.75) is 25.4 Å². The fraction of sp³-hybridized carbons (Fsp3) is 0.278. The molecule has 0 spiro atoms. The highest BCUT2D eigenvalue weighted by Gasteiger charge is 2.52. The molecule has 2 aliphatic heterocycles. The highest BCUT2D eigenvalue weighted by atomic mass is 32.1. The van der Waals surface area contributed by atoms with Crippen LogP contribution in [0.1, 0.15) is 34.1 Å². The minimum atomic E-state index is -1.55. The number of hydrogen-bond donors (Lipinski definition) is 1. The Labute approximate surface area is 143 Å². The van der Waals surface area contributed by atoms with E-state index < -0.39 is 5.60 Å². The number of aliphatic imine (C=N–C) groups is 1. The molecule has 120 valence electrons. The molecule has 2 aliphatic rings. The van der Waals surface area contributed by atoms with Crippen molar-refractivity contribution in [1.82, 2.24) is 0 Å². The first-order valence-electron chi connectivity index (χ1n) is 7.83. The van der Waals surface area contributed by atoms with Crippen LogP contribution in [0.3, 0.4) is 0 Å². The van der Waals surface area contributed by atoms with E-state index in [1.165, 1.54) is 11.3 Å². The molecular formula is C18H15N3O2S. The van der Waals surface area contributed by atoms with E-state index in [4.69, 9.17) is 5.26 Å². The largest absolute Gasteiger partial charge is 0.374 e. The topological polar surface area (TPSA) is 76.7 Å². The molecule has 4 rings (SSSR count). The van der Waals surface area contributed by atoms with E-state index in [0.29, 0.717) is 34.9 Å². The molecule has 1 fully saturated rings. The monoisotopic (exact) mass is 337 g/mol. The van der Waals surface area contributed by atoms with E-state index in [1.807, 2.05) is 30.0 Å². The Morgan fingerprint density at radius 2 is 2.17 bits per heavy atom. The highest BCUT2D eigenvalue weighted by Crippen LogP contribution is 2.43. The molecule has 2 aromatic rings. The van der Waals surface area contributed by atoms with Crippen LogP contribution < -0.4 is 4.90 Å². The Balaban J connectivity index is 1.80. The number of ketones is 1. The summed E-state index contributed by atoms with van der Waals surface area (Å²) in [6, 6.07) is 11.0. The first-order valence-corrected chi connectivity index (χ1v) is 8.65. The number of amidine groups is 1. The lowest BCUT2D eigenvalue weighted by Crippen LogP contribution is -2.48. The Kier molecular flexibility index (Phi) is 3.30. The van der Waals surface area contributed by atoms with Gasteiger partial charge in [-0.3, -0.25) is 4.79 Å². The van der Waals surface area contributed by atoms with Gasteiger partial charge in [-0.2, -0.15) is 5.26 Å². The van der Waals surface area contributed by atoms with Crippen molar-refractivity contribution in [2.75, 3.05) is 11.4 Å². The number of nitriles is 1. The molecule has 0 saturated carbocycles. The molecule has 3 heterocycles. The van der Waals surface area contributed by atoms with Gasteiger partial charge >= 0.3 is 0 Å². The predicted octanol–water partition coefficient (Wildman–Crippen LogP) is 3.05. The normalized spacial score (nSPS) is 22.0. The lowest BCUT2D eigenvalue weighted by Gasteiger charge is -2.28. The SMILES string of the molecule is CCc1cc2c(s1)N=C1N(c3ccc(C#N)cc3)CC[C@@]1(O)C2=O. The van der Waals surface area contributed by atoms with E-state index in [2.05, 4.69) is 11.1 Å². The molecule has 0 amide bonds. The second kappa shape index (κ2) is 5.26. The minimum Gasteiger partial charge on any atom is -0.374 e. The maximum atomic E-state index is 12.8. The van der Waals surface area contributed by atoms with Crippen molar-refractivity contribution in [2.24, 2.45) is 4.99 Å². The number of thiophene rings is 1. The number of nitrogens with zero attached hydrogens (tertiary/aromatic N) is 3. The number of Topliss-reactive ketones (excluding diaryl/α,β-unsaturated/α-hetero) is 1. The summed E-state index contributed by atoms with van der Waals surface area (Å²) >= 11 is 1.50. The van der Waals surface area contributed by atoms with Gasteiger partial charge in [0.25, 0.3) is 0 Å². The van der Waals surface area contributed by atoms with Gasteiger partial charge in [-0.25, -0.2) is 4.99 Å². The van der Waals surface area contributed by atoms with Gasteiger partial charge in [-0.1, -0.05) is 6.92 Å². The van der Waals surface area contributed by atoms with Gasteiger partial charge in [0.05, 0.1) is 17.2 Å². The zero-order chi connectivity index (χ0) is 16.9. The number of rotatable bonds is 2. The molecule has 0 bridgehead atoms. The van der Waals surface area contributed by atoms with Crippen LogP contribution in [0.25, 0.3) is 0 Å². The molecule has 1 atom stereocenters. The lowest BCUT2D eigenvalue weighted by molar-refractivity contribution is 0.0603. The number of hydrogen-bond acceptors (Lipinski definition) is 6. The predicted molar refractivity (Wildman–Crippen MR) is 93.2 cm³/mol. The van der Waals surface area contributed by atoms with Gasteiger partial charge in [0.15, 0.2) is 11.4 Å². The molecule has 0 radical (unpaired) electrons. The molecule has 6 heteroatoms. The van der Waals surface area contributed by atoms with Crippen LogP contribution in [-0.2, 0) is 6.42 Å². The first-order chi connectivity index (χ1) is 11.6. The fourth-order valence-electron chi connectivity index (χ4n) is 3.22. The summed E-state index contributed by atoms with van der Waals surface area (Å²) in [5.41, 5.74) is 0.382. The third kappa shape index (κ3) is 2.02. The second-order valence-electron chi connectivity index (χ2n) is 5.97. The van der Waals surface area contributed by atoms with Crippen LogP contribution in [0.5, 0.6) is 0 Å². The van der Waals surface area contributed by atoms with Gasteiger partial charge in [0, 0.05) is 23.5 Å². The van der Waals surface area contributed by atoms with Crippen LogP contribution in [0, 0.1) is 11.3 Å². The van der Waals surface area contributed by atoms with Crippen LogP contribution in [-0.4, -0.2) is 28.9 Å². The van der Waals surface area contributed by atoms with Crippen molar-refractivity contribution < 1.29 is 9.90 Å². The zero-order valence-electron chi connectivity index (χ0n) is 13.1. The summed E-state index contributed by atoms with van der Waals surface area (Å²) < 4.78 is 0. The number of carbonyl (C=O) groups is 1. The average Bonchev–Trinajstić information content (AvgIpc) is 3.17. The van der Waals surface area contributed by atoms with Crippen LogP contribution >= 0.6 is 11.3 Å². The molecule has 1 N–H and O–H groups in total. The number of carbonyl (C=O) groups excluding carboxylic acids is 1. The van der Waals surface area contributed by atoms with Crippen LogP contribution in [0.4, 0.5) is 10.7 Å². The summed E-state index contributed by atoms with van der Waals surface area (Å²) in [6.45, 7) is 2.55. The minimum absolute atomic E-state index is 0.255. The molecule has 5 nitrogen and oxygen atoms in total. The first kappa shape index (κ1) is 15.1. The molecule has 1 saturated heterocycles. The molecule has 0 unspecified atom stereocenters. The zero-order valence-corrected chi connectivity index (χ0v) is 13.9. The lowest BCUT2D eigenvalue weighted by atomic mass is 9.90. The maximum Gasteiger partial charge on any atom is 0.205 e. The Bertz CT molecular complexity index is 907. The summed E-state index contributed by atoms with van der Waals surface area (Å²) in [5.74, 6) is 0.142. The molecule has 1 aromatic carbocycles. The number of aliphatic hydroxyl groups is 1. The van der Waals surface area contributed by atoms with Crippen molar-refractivity contribution in [1.29, 1.82) is 5.26 Å². The third-order valence-electron chi connectivity index (χ3n) is 4.57. The van der Waals surface area contributed by atoms with E-state index in [9.17, 15) is 9.90 Å². The fourth-order valence-corrected chi connectivity index (χ4v) is 4.18. The van der Waals surface area contributed by atoms with E-state index >= 15 is 0 Å².